The van der Waals surface area contributed by atoms with Gasteiger partial charge in [-0.25, -0.2) is 4.98 Å². The number of fused-ring (bicyclic) bond motifs is 2. The first kappa shape index (κ1) is 16.4. The van der Waals surface area contributed by atoms with Crippen LogP contribution in [0.4, 0.5) is 11.8 Å². The van der Waals surface area contributed by atoms with Crippen molar-refractivity contribution in [2.45, 2.75) is 25.8 Å². The molecule has 136 valence electrons. The maximum Gasteiger partial charge on any atom is 0.303 e. The standard InChI is InChI=1S/C17H17BrN4O3S/c1-7-2-3-21(7)17-19-10-5-11(18)26-14(10)15(20-17)22-6-9-8(4-12(23)24)13(9)16(22)25/h5,7-9,13H,2-4,6H2,1H3,(H,23,24)/t7-,8?,9?,13?/m0/s1. The Morgan fingerprint density at radius 3 is 2.85 bits per heavy atom. The monoisotopic (exact) mass is 436 g/mol. The highest BCUT2D eigenvalue weighted by molar-refractivity contribution is 9.11. The minimum absolute atomic E-state index is 0.00776. The molecule has 2 saturated heterocycles. The Kier molecular flexibility index (Phi) is 3.56. The van der Waals surface area contributed by atoms with Gasteiger partial charge in [0.15, 0.2) is 5.82 Å². The molecule has 1 saturated carbocycles. The molecule has 9 heteroatoms. The normalized spacial score (nSPS) is 29.8. The molecule has 4 atom stereocenters. The number of carbonyl (C=O) groups excluding carboxylic acids is 1. The lowest BCUT2D eigenvalue weighted by atomic mass is 10.1. The Bertz CT molecular complexity index is 947. The van der Waals surface area contributed by atoms with Gasteiger partial charge < -0.3 is 10.0 Å². The van der Waals surface area contributed by atoms with E-state index in [1.807, 2.05) is 6.07 Å². The van der Waals surface area contributed by atoms with Crippen LogP contribution in [0.15, 0.2) is 9.85 Å². The number of anilines is 2. The molecule has 3 fully saturated rings. The van der Waals surface area contributed by atoms with Crippen LogP contribution >= 0.6 is 27.3 Å². The number of halogens is 1. The Balaban J connectivity index is 1.51. The molecule has 1 amide bonds. The highest BCUT2D eigenvalue weighted by Gasteiger charge is 2.62. The fourth-order valence-electron chi connectivity index (χ4n) is 4.21. The van der Waals surface area contributed by atoms with Crippen LogP contribution in [-0.4, -0.2) is 46.1 Å². The highest BCUT2D eigenvalue weighted by atomic mass is 79.9. The number of aliphatic carboxylic acids is 1. The first-order valence-corrected chi connectivity index (χ1v) is 10.3. The molecule has 2 aromatic heterocycles. The summed E-state index contributed by atoms with van der Waals surface area (Å²) in [6.45, 7) is 3.63. The minimum Gasteiger partial charge on any atom is -0.481 e. The van der Waals surface area contributed by atoms with Gasteiger partial charge in [-0.3, -0.25) is 14.5 Å². The SMILES string of the molecule is C[C@H]1CCN1c1nc(N2CC3C(CC(=O)O)C3C2=O)c2sc(Br)cc2n1. The molecule has 3 aliphatic rings. The zero-order valence-electron chi connectivity index (χ0n) is 14.1. The lowest BCUT2D eigenvalue weighted by Crippen LogP contribution is -2.47. The number of amides is 1. The van der Waals surface area contributed by atoms with E-state index < -0.39 is 5.97 Å². The van der Waals surface area contributed by atoms with Gasteiger partial charge in [0.05, 0.1) is 14.0 Å². The second-order valence-electron chi connectivity index (χ2n) is 7.34. The number of carbonyl (C=O) groups is 2. The molecule has 4 heterocycles. The Morgan fingerprint density at radius 2 is 2.27 bits per heavy atom. The average Bonchev–Trinajstić information content (AvgIpc) is 2.89. The van der Waals surface area contributed by atoms with Gasteiger partial charge in [-0.2, -0.15) is 4.98 Å². The summed E-state index contributed by atoms with van der Waals surface area (Å²) >= 11 is 5.04. The Morgan fingerprint density at radius 1 is 1.46 bits per heavy atom. The number of thiophene rings is 1. The molecule has 5 rings (SSSR count). The van der Waals surface area contributed by atoms with Crippen LogP contribution in [-0.2, 0) is 9.59 Å². The molecule has 0 aromatic carbocycles. The number of carboxylic acid groups (broad SMARTS) is 1. The van der Waals surface area contributed by atoms with Crippen LogP contribution in [0.3, 0.4) is 0 Å². The van der Waals surface area contributed by atoms with Crippen molar-refractivity contribution in [1.29, 1.82) is 0 Å². The molecule has 1 aliphatic carbocycles. The van der Waals surface area contributed by atoms with Gasteiger partial charge in [-0.1, -0.05) is 0 Å². The van der Waals surface area contributed by atoms with Gasteiger partial charge in [0, 0.05) is 31.5 Å². The summed E-state index contributed by atoms with van der Waals surface area (Å²) in [5.74, 6) is 0.485. The van der Waals surface area contributed by atoms with E-state index in [4.69, 9.17) is 10.1 Å². The minimum atomic E-state index is -0.829. The van der Waals surface area contributed by atoms with Crippen molar-refractivity contribution in [3.8, 4) is 0 Å². The van der Waals surface area contributed by atoms with Gasteiger partial charge in [0.2, 0.25) is 11.9 Å². The number of hydrogen-bond donors (Lipinski definition) is 1. The third kappa shape index (κ3) is 2.36. The Labute approximate surface area is 162 Å². The van der Waals surface area contributed by atoms with Gasteiger partial charge in [-0.15, -0.1) is 11.3 Å². The lowest BCUT2D eigenvalue weighted by Gasteiger charge is -2.39. The van der Waals surface area contributed by atoms with E-state index in [-0.39, 0.29) is 30.1 Å². The lowest BCUT2D eigenvalue weighted by molar-refractivity contribution is -0.137. The first-order valence-electron chi connectivity index (χ1n) is 8.71. The number of nitrogens with zero attached hydrogens (tertiary/aromatic N) is 4. The number of piperidine rings is 1. The molecular formula is C17H17BrN4O3S. The highest BCUT2D eigenvalue weighted by Crippen LogP contribution is 2.55. The maximum absolute atomic E-state index is 12.9. The fourth-order valence-corrected chi connectivity index (χ4v) is 5.73. The van der Waals surface area contributed by atoms with Crippen molar-refractivity contribution in [3.63, 3.8) is 0 Å². The van der Waals surface area contributed by atoms with E-state index in [1.165, 1.54) is 11.3 Å². The summed E-state index contributed by atoms with van der Waals surface area (Å²) in [5.41, 5.74) is 0.844. The Hall–Kier alpha value is -1.74. The van der Waals surface area contributed by atoms with Crippen molar-refractivity contribution < 1.29 is 14.7 Å². The third-order valence-corrected chi connectivity index (χ3v) is 7.45. The molecule has 2 aliphatic heterocycles. The van der Waals surface area contributed by atoms with E-state index in [0.29, 0.717) is 24.4 Å². The zero-order valence-corrected chi connectivity index (χ0v) is 16.5. The molecule has 3 unspecified atom stereocenters. The average molecular weight is 437 g/mol. The van der Waals surface area contributed by atoms with Crippen molar-refractivity contribution >= 4 is 61.1 Å². The van der Waals surface area contributed by atoms with Crippen LogP contribution in [0.1, 0.15) is 19.8 Å². The maximum atomic E-state index is 12.9. The van der Waals surface area contributed by atoms with Crippen molar-refractivity contribution in [1.82, 2.24) is 9.97 Å². The van der Waals surface area contributed by atoms with E-state index in [1.54, 1.807) is 4.90 Å². The van der Waals surface area contributed by atoms with Gasteiger partial charge in [0.25, 0.3) is 0 Å². The molecule has 26 heavy (non-hydrogen) atoms. The zero-order chi connectivity index (χ0) is 18.2. The molecule has 7 nitrogen and oxygen atoms in total. The predicted octanol–water partition coefficient (Wildman–Crippen LogP) is 2.74. The molecule has 2 aromatic rings. The van der Waals surface area contributed by atoms with Gasteiger partial charge >= 0.3 is 5.97 Å². The summed E-state index contributed by atoms with van der Waals surface area (Å²) in [4.78, 5) is 37.2. The number of carboxylic acids is 1. The quantitative estimate of drug-likeness (QED) is 0.792. The van der Waals surface area contributed by atoms with Crippen molar-refractivity contribution in [3.05, 3.63) is 9.85 Å². The second kappa shape index (κ2) is 5.63. The van der Waals surface area contributed by atoms with Gasteiger partial charge in [-0.05, 0) is 47.2 Å². The van der Waals surface area contributed by atoms with E-state index >= 15 is 0 Å². The van der Waals surface area contributed by atoms with E-state index in [2.05, 4.69) is 32.7 Å². The summed E-state index contributed by atoms with van der Waals surface area (Å²) < 4.78 is 1.86. The van der Waals surface area contributed by atoms with Crippen molar-refractivity contribution in [2.24, 2.45) is 17.8 Å². The van der Waals surface area contributed by atoms with Gasteiger partial charge in [0.1, 0.15) is 0 Å². The molecule has 0 bridgehead atoms. The van der Waals surface area contributed by atoms with Crippen LogP contribution in [0, 0.1) is 17.8 Å². The molecule has 0 radical (unpaired) electrons. The molecule has 0 spiro atoms. The largest absolute Gasteiger partial charge is 0.481 e. The van der Waals surface area contributed by atoms with Crippen molar-refractivity contribution in [2.75, 3.05) is 22.9 Å². The van der Waals surface area contributed by atoms with Crippen LogP contribution < -0.4 is 9.80 Å². The number of rotatable bonds is 4. The summed E-state index contributed by atoms with van der Waals surface area (Å²) in [7, 11) is 0. The van der Waals surface area contributed by atoms with Crippen LogP contribution in [0.2, 0.25) is 0 Å². The van der Waals surface area contributed by atoms with E-state index in [9.17, 15) is 9.59 Å². The second-order valence-corrected chi connectivity index (χ2v) is 9.77. The summed E-state index contributed by atoms with van der Waals surface area (Å²) in [5, 5.41) is 8.99. The summed E-state index contributed by atoms with van der Waals surface area (Å²) in [6, 6.07) is 2.37. The van der Waals surface area contributed by atoms with E-state index in [0.717, 1.165) is 27.0 Å². The topological polar surface area (TPSA) is 86.6 Å². The predicted molar refractivity (Wildman–Crippen MR) is 102 cm³/mol. The number of hydrogen-bond acceptors (Lipinski definition) is 6. The third-order valence-electron chi connectivity index (χ3n) is 5.83. The van der Waals surface area contributed by atoms with Crippen LogP contribution in [0.25, 0.3) is 10.2 Å². The molecule has 1 N–H and O–H groups in total. The molecular weight excluding hydrogens is 420 g/mol. The fraction of sp³-hybridized carbons (Fsp3) is 0.529. The number of aromatic nitrogens is 2. The summed E-state index contributed by atoms with van der Waals surface area (Å²) in [6.07, 6.45) is 1.20. The van der Waals surface area contributed by atoms with Crippen LogP contribution in [0.5, 0.6) is 0 Å². The first-order chi connectivity index (χ1) is 12.4. The smallest absolute Gasteiger partial charge is 0.303 e.